The highest BCUT2D eigenvalue weighted by atomic mass is 32.2. The molecule has 0 unspecified atom stereocenters. The summed E-state index contributed by atoms with van der Waals surface area (Å²) in [4.78, 5) is 25.2. The van der Waals surface area contributed by atoms with Crippen molar-refractivity contribution in [3.05, 3.63) is 244 Å². The number of ether oxygens (including phenoxy) is 4. The van der Waals surface area contributed by atoms with E-state index < -0.39 is 20.7 Å². The highest BCUT2D eigenvalue weighted by Gasteiger charge is 2.25. The minimum absolute atomic E-state index is 0. The molecule has 0 aliphatic rings. The first-order valence-electron chi connectivity index (χ1n) is 23.2. The van der Waals surface area contributed by atoms with Gasteiger partial charge in [-0.2, -0.15) is 8.42 Å². The maximum absolute atomic E-state index is 12.9. The zero-order valence-corrected chi connectivity index (χ0v) is 43.8. The minimum atomic E-state index is -4.42. The highest BCUT2D eigenvalue weighted by Crippen LogP contribution is 2.36. The predicted octanol–water partition coefficient (Wildman–Crippen LogP) is 15.5. The highest BCUT2D eigenvalue weighted by molar-refractivity contribution is 7.85. The molecule has 412 valence electrons. The van der Waals surface area contributed by atoms with Gasteiger partial charge >= 0.3 is 10.6 Å². The number of carbonyl (C=O) groups excluding carboxylic acids is 2. The lowest BCUT2D eigenvalue weighted by molar-refractivity contribution is 0.103. The SMILES string of the molecule is C.C.C.C.COc1ccc(C(C)(C)c2ccc(Oc3ccc(C(=O)c4ccc(C)c(S(=O)(=O)O)c4)cc3)cc2)cc1.COc1ccc(C(C)(C)c2ccc(Oc3ccc(C(=O)c4ccc(C)cc4)cc3)cc2)cc1.O=S(=O)=O. The number of hydrogen-bond donors (Lipinski definition) is 1. The summed E-state index contributed by atoms with van der Waals surface area (Å²) in [6.45, 7) is 12.3. The lowest BCUT2D eigenvalue weighted by atomic mass is 9.78. The first-order valence-corrected chi connectivity index (χ1v) is 25.6. The van der Waals surface area contributed by atoms with E-state index in [1.54, 1.807) is 57.5 Å². The first kappa shape index (κ1) is 65.9. The first-order chi connectivity index (χ1) is 35.1. The quantitative estimate of drug-likeness (QED) is 0.0760. The van der Waals surface area contributed by atoms with Crippen LogP contribution in [0, 0.1) is 13.8 Å². The molecule has 0 aromatic heterocycles. The Bertz CT molecular complexity index is 3420. The van der Waals surface area contributed by atoms with Gasteiger partial charge in [-0.05, 0) is 145 Å². The van der Waals surface area contributed by atoms with E-state index in [-0.39, 0.29) is 62.6 Å². The molecular formula is C64H72O12S2. The van der Waals surface area contributed by atoms with Gasteiger partial charge in [-0.3, -0.25) is 14.1 Å². The van der Waals surface area contributed by atoms with Gasteiger partial charge in [-0.1, -0.05) is 148 Å². The average Bonchev–Trinajstić information content (AvgIpc) is 3.39. The van der Waals surface area contributed by atoms with Crippen LogP contribution in [0.2, 0.25) is 0 Å². The summed E-state index contributed by atoms with van der Waals surface area (Å²) in [5.74, 6) is 3.97. The van der Waals surface area contributed by atoms with Crippen LogP contribution < -0.4 is 18.9 Å². The van der Waals surface area contributed by atoms with Crippen molar-refractivity contribution in [2.24, 2.45) is 0 Å². The molecule has 0 amide bonds. The molecule has 8 rings (SSSR count). The number of benzene rings is 8. The minimum Gasteiger partial charge on any atom is -0.497 e. The zero-order valence-electron chi connectivity index (χ0n) is 42.2. The number of rotatable bonds is 15. The molecule has 0 aliphatic carbocycles. The Morgan fingerprint density at radius 1 is 0.410 bits per heavy atom. The average molecular weight is 1100 g/mol. The van der Waals surface area contributed by atoms with Crippen LogP contribution in [0.15, 0.2) is 193 Å². The van der Waals surface area contributed by atoms with E-state index in [9.17, 15) is 22.6 Å². The second-order valence-electron chi connectivity index (χ2n) is 18.2. The number of aryl methyl sites for hydroxylation is 2. The van der Waals surface area contributed by atoms with E-state index in [0.717, 1.165) is 28.4 Å². The maximum atomic E-state index is 12.9. The smallest absolute Gasteiger partial charge is 0.425 e. The van der Waals surface area contributed by atoms with Crippen LogP contribution in [0.4, 0.5) is 0 Å². The molecule has 0 bridgehead atoms. The fourth-order valence-electron chi connectivity index (χ4n) is 7.91. The van der Waals surface area contributed by atoms with Gasteiger partial charge in [-0.15, -0.1) is 12.6 Å². The Hall–Kier alpha value is -8.17. The third kappa shape index (κ3) is 17.2. The third-order valence-electron chi connectivity index (χ3n) is 12.5. The summed E-state index contributed by atoms with van der Waals surface area (Å²) < 4.78 is 80.4. The standard InChI is InChI=1S/C30H28O6S.C30H28O3.4CH4.O3S/c1-20-5-6-22(19-28(20)37(32,33)34)29(31)21-7-13-26(14-8-21)36-27-17-11-24(12-18-27)30(2,3)23-9-15-25(35-4)16-10-23;1-21-5-7-22(8-6-21)29(31)23-9-15-27(16-10-23)33-28-19-13-25(14-20-28)30(2,3)24-11-17-26(32-4)18-12-24;;;;;1-4(2)3/h5-19H,1-4H3,(H,32,33,34);5-20H,1-4H3;4*1H4;. The van der Waals surface area contributed by atoms with Gasteiger partial charge in [0.15, 0.2) is 11.6 Å². The van der Waals surface area contributed by atoms with Gasteiger partial charge in [0.05, 0.1) is 19.1 Å². The second kappa shape index (κ2) is 28.8. The van der Waals surface area contributed by atoms with Gasteiger partial charge in [0.1, 0.15) is 34.5 Å². The van der Waals surface area contributed by atoms with Crippen LogP contribution in [0.1, 0.15) is 123 Å². The van der Waals surface area contributed by atoms with E-state index in [0.29, 0.717) is 39.5 Å². The Morgan fingerprint density at radius 2 is 0.654 bits per heavy atom. The summed E-state index contributed by atoms with van der Waals surface area (Å²) in [6.07, 6.45) is 0. The van der Waals surface area contributed by atoms with Crippen molar-refractivity contribution in [1.82, 2.24) is 0 Å². The van der Waals surface area contributed by atoms with Crippen LogP contribution in [-0.2, 0) is 31.6 Å². The molecule has 0 aliphatic heterocycles. The predicted molar refractivity (Wildman–Crippen MR) is 312 cm³/mol. The lowest BCUT2D eigenvalue weighted by Crippen LogP contribution is -2.18. The van der Waals surface area contributed by atoms with E-state index in [2.05, 4.69) is 64.1 Å². The molecule has 14 heteroatoms. The van der Waals surface area contributed by atoms with Crippen molar-refractivity contribution in [1.29, 1.82) is 0 Å². The topological polar surface area (TPSA) is 177 Å². The molecule has 0 saturated heterocycles. The zero-order chi connectivity index (χ0) is 53.8. The molecule has 12 nitrogen and oxygen atoms in total. The molecular weight excluding hydrogens is 1020 g/mol. The summed E-state index contributed by atoms with van der Waals surface area (Å²) in [7, 11) is -4.21. The monoisotopic (exact) mass is 1100 g/mol. The van der Waals surface area contributed by atoms with Crippen molar-refractivity contribution in [3.63, 3.8) is 0 Å². The molecule has 0 saturated carbocycles. The maximum Gasteiger partial charge on any atom is 0.425 e. The fraction of sp³-hybridized carbons (Fsp3) is 0.219. The lowest BCUT2D eigenvalue weighted by Gasteiger charge is -2.26. The molecule has 0 radical (unpaired) electrons. The molecule has 1 N–H and O–H groups in total. The van der Waals surface area contributed by atoms with Gasteiger partial charge < -0.3 is 18.9 Å². The van der Waals surface area contributed by atoms with Crippen molar-refractivity contribution in [2.75, 3.05) is 14.2 Å². The van der Waals surface area contributed by atoms with E-state index >= 15 is 0 Å². The molecule has 78 heavy (non-hydrogen) atoms. The van der Waals surface area contributed by atoms with Crippen LogP contribution >= 0.6 is 0 Å². The van der Waals surface area contributed by atoms with Crippen molar-refractivity contribution in [2.45, 2.75) is 87.0 Å². The summed E-state index contributed by atoms with van der Waals surface area (Å²) >= 11 is 0. The van der Waals surface area contributed by atoms with Crippen LogP contribution in [0.25, 0.3) is 0 Å². The van der Waals surface area contributed by atoms with E-state index in [1.165, 1.54) is 34.9 Å². The number of ketones is 2. The second-order valence-corrected chi connectivity index (χ2v) is 20.0. The van der Waals surface area contributed by atoms with Crippen molar-refractivity contribution < 1.29 is 54.1 Å². The van der Waals surface area contributed by atoms with E-state index in [1.807, 2.05) is 104 Å². The van der Waals surface area contributed by atoms with Crippen LogP contribution in [0.5, 0.6) is 34.5 Å². The van der Waals surface area contributed by atoms with Crippen LogP contribution in [-0.4, -0.2) is 51.4 Å². The molecule has 8 aromatic carbocycles. The van der Waals surface area contributed by atoms with Gasteiger partial charge in [0.2, 0.25) is 0 Å². The summed E-state index contributed by atoms with van der Waals surface area (Å²) in [5.41, 5.74) is 7.71. The number of methoxy groups -OCH3 is 2. The fourth-order valence-corrected chi connectivity index (χ4v) is 8.66. The van der Waals surface area contributed by atoms with Gasteiger partial charge in [-0.25, -0.2) is 0 Å². The summed E-state index contributed by atoms with van der Waals surface area (Å²) in [6, 6.07) is 57.9. The molecule has 0 spiro atoms. The Balaban J connectivity index is 0.000000478. The van der Waals surface area contributed by atoms with Crippen molar-refractivity contribution in [3.8, 4) is 34.5 Å². The third-order valence-corrected chi connectivity index (χ3v) is 13.5. The molecule has 0 atom stereocenters. The van der Waals surface area contributed by atoms with Gasteiger partial charge in [0, 0.05) is 33.1 Å². The largest absolute Gasteiger partial charge is 0.497 e. The number of hydrogen-bond acceptors (Lipinski definition) is 11. The van der Waals surface area contributed by atoms with Gasteiger partial charge in [0.25, 0.3) is 10.1 Å². The number of carbonyl (C=O) groups is 2. The molecule has 0 fully saturated rings. The van der Waals surface area contributed by atoms with E-state index in [4.69, 9.17) is 31.6 Å². The summed E-state index contributed by atoms with van der Waals surface area (Å²) in [5, 5.41) is 0. The van der Waals surface area contributed by atoms with Crippen molar-refractivity contribution >= 4 is 32.3 Å². The molecule has 0 heterocycles. The Morgan fingerprint density at radius 3 is 0.936 bits per heavy atom. The van der Waals surface area contributed by atoms with Crippen LogP contribution in [0.3, 0.4) is 0 Å². The Kier molecular flexibility index (Phi) is 24.4. The molecule has 8 aromatic rings. The normalized spacial score (nSPS) is 10.6. The Labute approximate surface area is 463 Å².